The van der Waals surface area contributed by atoms with Crippen LogP contribution in [0.25, 0.3) is 0 Å². The molecule has 1 heterocycles. The SMILES string of the molecule is Cc1ccc2c(c1)C(C(=O)O)C1(CCCC1)N(Cc1cccc(Cl)c1)C2=O. The molecule has 2 aromatic carbocycles. The number of carbonyl (C=O) groups excluding carboxylic acids is 1. The lowest BCUT2D eigenvalue weighted by Crippen LogP contribution is -2.58. The Balaban J connectivity index is 1.87. The molecule has 2 aromatic rings. The zero-order valence-electron chi connectivity index (χ0n) is 15.2. The Morgan fingerprint density at radius 1 is 1.22 bits per heavy atom. The zero-order valence-corrected chi connectivity index (χ0v) is 16.0. The van der Waals surface area contributed by atoms with Crippen molar-refractivity contribution in [1.82, 2.24) is 4.90 Å². The average molecular weight is 384 g/mol. The molecule has 1 unspecified atom stereocenters. The number of hydrogen-bond acceptors (Lipinski definition) is 2. The van der Waals surface area contributed by atoms with Crippen molar-refractivity contribution in [1.29, 1.82) is 0 Å². The predicted octanol–water partition coefficient (Wildman–Crippen LogP) is 4.79. The van der Waals surface area contributed by atoms with E-state index >= 15 is 0 Å². The van der Waals surface area contributed by atoms with Gasteiger partial charge in [-0.15, -0.1) is 0 Å². The van der Waals surface area contributed by atoms with Crippen LogP contribution in [0.1, 0.15) is 58.6 Å². The van der Waals surface area contributed by atoms with Gasteiger partial charge in [-0.3, -0.25) is 9.59 Å². The number of halogens is 1. The van der Waals surface area contributed by atoms with Crippen molar-refractivity contribution in [3.8, 4) is 0 Å². The van der Waals surface area contributed by atoms with Crippen molar-refractivity contribution < 1.29 is 14.7 Å². The summed E-state index contributed by atoms with van der Waals surface area (Å²) in [4.78, 5) is 27.6. The van der Waals surface area contributed by atoms with Crippen LogP contribution in [-0.4, -0.2) is 27.4 Å². The molecule has 5 heteroatoms. The largest absolute Gasteiger partial charge is 0.481 e. The molecule has 1 saturated carbocycles. The number of fused-ring (bicyclic) bond motifs is 1. The lowest BCUT2D eigenvalue weighted by atomic mass is 9.71. The van der Waals surface area contributed by atoms with E-state index in [0.29, 0.717) is 35.5 Å². The van der Waals surface area contributed by atoms with Gasteiger partial charge in [0.15, 0.2) is 0 Å². The molecule has 0 radical (unpaired) electrons. The topological polar surface area (TPSA) is 57.6 Å². The van der Waals surface area contributed by atoms with Crippen LogP contribution in [0.3, 0.4) is 0 Å². The second-order valence-electron chi connectivity index (χ2n) is 7.69. The summed E-state index contributed by atoms with van der Waals surface area (Å²) in [6.45, 7) is 2.31. The highest BCUT2D eigenvalue weighted by Gasteiger charge is 2.55. The van der Waals surface area contributed by atoms with Gasteiger partial charge in [0, 0.05) is 17.1 Å². The van der Waals surface area contributed by atoms with Gasteiger partial charge in [-0.25, -0.2) is 0 Å². The number of nitrogens with zero attached hydrogens (tertiary/aromatic N) is 1. The summed E-state index contributed by atoms with van der Waals surface area (Å²) in [6, 6.07) is 13.0. The highest BCUT2D eigenvalue weighted by atomic mass is 35.5. The summed E-state index contributed by atoms with van der Waals surface area (Å²) in [5.74, 6) is -1.64. The van der Waals surface area contributed by atoms with E-state index in [4.69, 9.17) is 11.6 Å². The minimum Gasteiger partial charge on any atom is -0.481 e. The highest BCUT2D eigenvalue weighted by Crippen LogP contribution is 2.51. The summed E-state index contributed by atoms with van der Waals surface area (Å²) in [7, 11) is 0. The van der Waals surface area contributed by atoms with Gasteiger partial charge in [-0.2, -0.15) is 0 Å². The fraction of sp³-hybridized carbons (Fsp3) is 0.364. The second kappa shape index (κ2) is 6.68. The lowest BCUT2D eigenvalue weighted by molar-refractivity contribution is -0.143. The van der Waals surface area contributed by atoms with Gasteiger partial charge >= 0.3 is 5.97 Å². The molecule has 0 aromatic heterocycles. The third-order valence-corrected chi connectivity index (χ3v) is 6.25. The van der Waals surface area contributed by atoms with Crippen LogP contribution in [0.2, 0.25) is 5.02 Å². The van der Waals surface area contributed by atoms with E-state index in [0.717, 1.165) is 24.0 Å². The van der Waals surface area contributed by atoms with Crippen molar-refractivity contribution in [3.05, 3.63) is 69.7 Å². The standard InChI is InChI=1S/C22H22ClNO3/c1-14-7-8-17-18(11-14)19(21(26)27)22(9-2-3-10-22)24(20(17)25)13-15-5-4-6-16(23)12-15/h4-8,11-12,19H,2-3,9-10,13H2,1H3,(H,26,27). The first-order valence-corrected chi connectivity index (χ1v) is 9.70. The maximum atomic E-state index is 13.4. The summed E-state index contributed by atoms with van der Waals surface area (Å²) in [6.07, 6.45) is 3.29. The molecule has 1 aliphatic carbocycles. The first-order chi connectivity index (χ1) is 12.9. The normalized spacial score (nSPS) is 20.7. The first kappa shape index (κ1) is 18.1. The molecule has 0 bridgehead atoms. The molecular weight excluding hydrogens is 362 g/mol. The smallest absolute Gasteiger partial charge is 0.313 e. The van der Waals surface area contributed by atoms with E-state index in [1.54, 1.807) is 12.1 Å². The third-order valence-electron chi connectivity index (χ3n) is 6.01. The fourth-order valence-electron chi connectivity index (χ4n) is 4.86. The fourth-order valence-corrected chi connectivity index (χ4v) is 5.08. The van der Waals surface area contributed by atoms with E-state index in [1.165, 1.54) is 0 Å². The number of hydrogen-bond donors (Lipinski definition) is 1. The van der Waals surface area contributed by atoms with Crippen molar-refractivity contribution in [2.75, 3.05) is 0 Å². The van der Waals surface area contributed by atoms with E-state index < -0.39 is 17.4 Å². The van der Waals surface area contributed by atoms with Crippen LogP contribution in [0.5, 0.6) is 0 Å². The van der Waals surface area contributed by atoms with E-state index in [1.807, 2.05) is 42.2 Å². The van der Waals surface area contributed by atoms with Crippen molar-refractivity contribution >= 4 is 23.5 Å². The summed E-state index contributed by atoms with van der Waals surface area (Å²) >= 11 is 6.13. The van der Waals surface area contributed by atoms with Gasteiger partial charge in [0.2, 0.25) is 0 Å². The van der Waals surface area contributed by atoms with Gasteiger partial charge in [-0.1, -0.05) is 54.3 Å². The number of aliphatic carboxylic acids is 1. The molecule has 1 N–H and O–H groups in total. The number of aryl methyl sites for hydroxylation is 1. The van der Waals surface area contributed by atoms with Crippen LogP contribution >= 0.6 is 11.6 Å². The number of carboxylic acid groups (broad SMARTS) is 1. The quantitative estimate of drug-likeness (QED) is 0.829. The maximum Gasteiger partial charge on any atom is 0.313 e. The highest BCUT2D eigenvalue weighted by molar-refractivity contribution is 6.30. The molecule has 4 nitrogen and oxygen atoms in total. The summed E-state index contributed by atoms with van der Waals surface area (Å²) in [5.41, 5.74) is 2.39. The van der Waals surface area contributed by atoms with Gasteiger partial charge in [-0.05, 0) is 49.1 Å². The Hall–Kier alpha value is -2.33. The molecule has 1 fully saturated rings. The van der Waals surface area contributed by atoms with Crippen molar-refractivity contribution in [2.24, 2.45) is 0 Å². The molecule has 1 aliphatic heterocycles. The van der Waals surface area contributed by atoms with Crippen LogP contribution in [0.4, 0.5) is 0 Å². The van der Waals surface area contributed by atoms with Crippen LogP contribution < -0.4 is 0 Å². The Morgan fingerprint density at radius 2 is 1.96 bits per heavy atom. The summed E-state index contributed by atoms with van der Waals surface area (Å²) in [5, 5.41) is 10.8. The Morgan fingerprint density at radius 3 is 2.63 bits per heavy atom. The molecule has 1 atom stereocenters. The Bertz CT molecular complexity index is 918. The molecule has 1 spiro atoms. The number of carbonyl (C=O) groups is 2. The van der Waals surface area contributed by atoms with Crippen molar-refractivity contribution in [3.63, 3.8) is 0 Å². The van der Waals surface area contributed by atoms with Gasteiger partial charge in [0.25, 0.3) is 5.91 Å². The predicted molar refractivity (Wildman–Crippen MR) is 104 cm³/mol. The second-order valence-corrected chi connectivity index (χ2v) is 8.13. The van der Waals surface area contributed by atoms with Gasteiger partial charge in [0.05, 0.1) is 5.54 Å². The monoisotopic (exact) mass is 383 g/mol. The van der Waals surface area contributed by atoms with Crippen LogP contribution in [0.15, 0.2) is 42.5 Å². The zero-order chi connectivity index (χ0) is 19.2. The van der Waals surface area contributed by atoms with E-state index in [2.05, 4.69) is 0 Å². The molecule has 1 amide bonds. The number of rotatable bonds is 3. The minimum atomic E-state index is -0.854. The average Bonchev–Trinajstić information content (AvgIpc) is 3.08. The van der Waals surface area contributed by atoms with Gasteiger partial charge < -0.3 is 10.0 Å². The lowest BCUT2D eigenvalue weighted by Gasteiger charge is -2.49. The number of amides is 1. The molecular formula is C22H22ClNO3. The number of benzene rings is 2. The molecule has 2 aliphatic rings. The molecule has 27 heavy (non-hydrogen) atoms. The molecule has 4 rings (SSSR count). The minimum absolute atomic E-state index is 0.0793. The summed E-state index contributed by atoms with van der Waals surface area (Å²) < 4.78 is 0. The first-order valence-electron chi connectivity index (χ1n) is 9.32. The number of carboxylic acids is 1. The van der Waals surface area contributed by atoms with Crippen molar-refractivity contribution in [2.45, 2.75) is 50.6 Å². The van der Waals surface area contributed by atoms with Crippen LogP contribution in [0, 0.1) is 6.92 Å². The Labute approximate surface area is 163 Å². The Kier molecular flexibility index (Phi) is 4.47. The van der Waals surface area contributed by atoms with E-state index in [-0.39, 0.29) is 5.91 Å². The molecule has 0 saturated heterocycles. The van der Waals surface area contributed by atoms with E-state index in [9.17, 15) is 14.7 Å². The third kappa shape index (κ3) is 2.92. The maximum absolute atomic E-state index is 13.4. The van der Waals surface area contributed by atoms with Gasteiger partial charge in [0.1, 0.15) is 5.92 Å². The van der Waals surface area contributed by atoms with Crippen LogP contribution in [-0.2, 0) is 11.3 Å². The molecule has 140 valence electrons.